The van der Waals surface area contributed by atoms with Crippen molar-refractivity contribution in [2.24, 2.45) is 5.10 Å². The molecule has 20 heavy (non-hydrogen) atoms. The number of aromatic amines is 1. The Kier molecular flexibility index (Phi) is 4.19. The fourth-order valence-corrected chi connectivity index (χ4v) is 1.90. The van der Waals surface area contributed by atoms with Crippen molar-refractivity contribution in [3.63, 3.8) is 0 Å². The third-order valence-electron chi connectivity index (χ3n) is 2.75. The molecule has 6 nitrogen and oxygen atoms in total. The highest BCUT2D eigenvalue weighted by Gasteiger charge is 2.09. The lowest BCUT2D eigenvalue weighted by Crippen LogP contribution is -2.01. The summed E-state index contributed by atoms with van der Waals surface area (Å²) in [5.41, 5.74) is 0.544. The highest BCUT2D eigenvalue weighted by Crippen LogP contribution is 2.28. The van der Waals surface area contributed by atoms with Crippen molar-refractivity contribution < 1.29 is 9.84 Å². The van der Waals surface area contributed by atoms with E-state index in [2.05, 4.69) is 15.3 Å². The van der Waals surface area contributed by atoms with E-state index in [9.17, 15) is 5.11 Å². The number of nitrogens with zero attached hydrogens (tertiary/aromatic N) is 3. The van der Waals surface area contributed by atoms with Gasteiger partial charge in [-0.05, 0) is 24.4 Å². The lowest BCUT2D eigenvalue weighted by molar-refractivity contribution is 0.373. The molecular formula is C13H16N4O2S. The van der Waals surface area contributed by atoms with E-state index in [1.54, 1.807) is 22.9 Å². The predicted molar refractivity (Wildman–Crippen MR) is 79.2 cm³/mol. The Balaban J connectivity index is 2.40. The Morgan fingerprint density at radius 1 is 1.50 bits per heavy atom. The zero-order chi connectivity index (χ0) is 14.7. The van der Waals surface area contributed by atoms with Crippen molar-refractivity contribution in [1.29, 1.82) is 0 Å². The van der Waals surface area contributed by atoms with E-state index in [1.165, 1.54) is 13.3 Å². The van der Waals surface area contributed by atoms with E-state index >= 15 is 0 Å². The molecule has 1 heterocycles. The Hall–Kier alpha value is -2.15. The summed E-state index contributed by atoms with van der Waals surface area (Å²) in [6, 6.07) is 5.19. The maximum absolute atomic E-state index is 9.99. The van der Waals surface area contributed by atoms with Crippen LogP contribution in [0.15, 0.2) is 23.3 Å². The van der Waals surface area contributed by atoms with Crippen molar-refractivity contribution in [2.45, 2.75) is 19.8 Å². The van der Waals surface area contributed by atoms with Gasteiger partial charge in [0, 0.05) is 11.5 Å². The number of benzene rings is 1. The molecule has 0 aliphatic carbocycles. The van der Waals surface area contributed by atoms with Crippen molar-refractivity contribution in [2.75, 3.05) is 7.11 Å². The fourth-order valence-electron chi connectivity index (χ4n) is 1.72. The van der Waals surface area contributed by atoms with Crippen LogP contribution < -0.4 is 4.74 Å². The molecule has 2 rings (SSSR count). The number of methoxy groups -OCH3 is 1. The lowest BCUT2D eigenvalue weighted by atomic mass is 10.2. The average molecular weight is 292 g/mol. The fraction of sp³-hybridized carbons (Fsp3) is 0.308. The Morgan fingerprint density at radius 3 is 2.90 bits per heavy atom. The van der Waals surface area contributed by atoms with Gasteiger partial charge in [-0.3, -0.25) is 5.10 Å². The molecule has 2 N–H and O–H groups in total. The van der Waals surface area contributed by atoms with Crippen LogP contribution in [0.3, 0.4) is 0 Å². The van der Waals surface area contributed by atoms with Crippen LogP contribution in [0.5, 0.6) is 11.5 Å². The first-order chi connectivity index (χ1) is 9.54. The quantitative estimate of drug-likeness (QED) is 0.671. The number of aromatic hydroxyl groups is 1. The molecule has 7 heteroatoms. The van der Waals surface area contributed by atoms with Crippen molar-refractivity contribution in [3.05, 3.63) is 34.4 Å². The maximum Gasteiger partial charge on any atom is 0.216 e. The molecule has 106 valence electrons. The van der Waals surface area contributed by atoms with Gasteiger partial charge in [0.1, 0.15) is 0 Å². The van der Waals surface area contributed by atoms with Gasteiger partial charge in [-0.15, -0.1) is 0 Å². The number of hydrogen-bond acceptors (Lipinski definition) is 5. The summed E-state index contributed by atoms with van der Waals surface area (Å²) in [6.45, 7) is 4.00. The van der Waals surface area contributed by atoms with Crippen molar-refractivity contribution in [1.82, 2.24) is 14.9 Å². The SMILES string of the molecule is COc1cccc(/C=N/n2c(C(C)C)n[nH]c2=S)c1O. The zero-order valence-electron chi connectivity index (χ0n) is 11.5. The predicted octanol–water partition coefficient (Wildman–Crippen LogP) is 2.66. The van der Waals surface area contributed by atoms with Crippen molar-refractivity contribution in [3.8, 4) is 11.5 Å². The number of H-pyrrole nitrogens is 1. The molecule has 1 aromatic heterocycles. The molecule has 0 saturated carbocycles. The van der Waals surface area contributed by atoms with E-state index in [0.717, 1.165) is 5.82 Å². The highest BCUT2D eigenvalue weighted by molar-refractivity contribution is 7.71. The molecule has 0 amide bonds. The van der Waals surface area contributed by atoms with Gasteiger partial charge in [0.25, 0.3) is 0 Å². The largest absolute Gasteiger partial charge is 0.504 e. The molecule has 0 bridgehead atoms. The van der Waals surface area contributed by atoms with Crippen LogP contribution in [0, 0.1) is 4.77 Å². The normalized spacial score (nSPS) is 11.4. The Morgan fingerprint density at radius 2 is 2.25 bits per heavy atom. The molecule has 0 atom stereocenters. The monoisotopic (exact) mass is 292 g/mol. The highest BCUT2D eigenvalue weighted by atomic mass is 32.1. The zero-order valence-corrected chi connectivity index (χ0v) is 12.3. The minimum atomic E-state index is 0.0415. The molecule has 2 aromatic rings. The number of rotatable bonds is 4. The number of phenolic OH excluding ortho intramolecular Hbond substituents is 1. The van der Waals surface area contributed by atoms with Crippen LogP contribution in [0.25, 0.3) is 0 Å². The number of para-hydroxylation sites is 1. The van der Waals surface area contributed by atoms with Crippen LogP contribution in [-0.4, -0.2) is 33.3 Å². The van der Waals surface area contributed by atoms with E-state index in [-0.39, 0.29) is 11.7 Å². The second-order valence-electron chi connectivity index (χ2n) is 4.50. The van der Waals surface area contributed by atoms with Gasteiger partial charge < -0.3 is 9.84 Å². The van der Waals surface area contributed by atoms with Crippen LogP contribution >= 0.6 is 12.2 Å². The Labute approximate surface area is 121 Å². The van der Waals surface area contributed by atoms with Gasteiger partial charge in [-0.25, -0.2) is 0 Å². The lowest BCUT2D eigenvalue weighted by Gasteiger charge is -2.06. The molecule has 0 unspecified atom stereocenters. The van der Waals surface area contributed by atoms with Gasteiger partial charge in [-0.2, -0.15) is 14.9 Å². The number of phenols is 1. The molecule has 0 aliphatic rings. The molecule has 1 aromatic carbocycles. The second kappa shape index (κ2) is 5.87. The van der Waals surface area contributed by atoms with Crippen LogP contribution in [0.1, 0.15) is 31.2 Å². The minimum absolute atomic E-state index is 0.0415. The summed E-state index contributed by atoms with van der Waals surface area (Å²) < 4.78 is 7.00. The molecule has 0 radical (unpaired) electrons. The molecular weight excluding hydrogens is 276 g/mol. The molecule has 0 aliphatic heterocycles. The maximum atomic E-state index is 9.99. The van der Waals surface area contributed by atoms with E-state index in [0.29, 0.717) is 16.1 Å². The van der Waals surface area contributed by atoms with Crippen LogP contribution in [0.4, 0.5) is 0 Å². The second-order valence-corrected chi connectivity index (χ2v) is 4.88. The van der Waals surface area contributed by atoms with Gasteiger partial charge in [0.15, 0.2) is 17.3 Å². The summed E-state index contributed by atoms with van der Waals surface area (Å²) in [5.74, 6) is 1.35. The van der Waals surface area contributed by atoms with E-state index in [4.69, 9.17) is 17.0 Å². The van der Waals surface area contributed by atoms with Crippen molar-refractivity contribution >= 4 is 18.4 Å². The third kappa shape index (κ3) is 2.72. The van der Waals surface area contributed by atoms with Crippen LogP contribution in [0.2, 0.25) is 0 Å². The average Bonchev–Trinajstić information content (AvgIpc) is 2.79. The first-order valence-electron chi connectivity index (χ1n) is 6.12. The number of hydrogen-bond donors (Lipinski definition) is 2. The van der Waals surface area contributed by atoms with E-state index < -0.39 is 0 Å². The summed E-state index contributed by atoms with van der Waals surface area (Å²) in [6.07, 6.45) is 1.52. The first-order valence-corrected chi connectivity index (χ1v) is 6.53. The van der Waals surface area contributed by atoms with Crippen LogP contribution in [-0.2, 0) is 0 Å². The number of ether oxygens (including phenoxy) is 1. The summed E-state index contributed by atoms with van der Waals surface area (Å²) in [5, 5.41) is 21.1. The topological polar surface area (TPSA) is 75.4 Å². The summed E-state index contributed by atoms with van der Waals surface area (Å²) in [7, 11) is 1.50. The Bertz CT molecular complexity index is 688. The van der Waals surface area contributed by atoms with Gasteiger partial charge in [0.2, 0.25) is 4.77 Å². The molecule has 0 fully saturated rings. The number of nitrogens with one attached hydrogen (secondary N) is 1. The summed E-state index contributed by atoms with van der Waals surface area (Å²) >= 11 is 5.13. The smallest absolute Gasteiger partial charge is 0.216 e. The molecule has 0 spiro atoms. The van der Waals surface area contributed by atoms with E-state index in [1.807, 2.05) is 13.8 Å². The standard InChI is InChI=1S/C13H16N4O2S/c1-8(2)12-15-16-13(20)17(12)14-7-9-5-4-6-10(19-3)11(9)18/h4-8,18H,1-3H3,(H,16,20)/b14-7+. The number of aromatic nitrogens is 3. The van der Waals surface area contributed by atoms with Gasteiger partial charge in [0.05, 0.1) is 13.3 Å². The van der Waals surface area contributed by atoms with Gasteiger partial charge in [-0.1, -0.05) is 19.9 Å². The minimum Gasteiger partial charge on any atom is -0.504 e. The summed E-state index contributed by atoms with van der Waals surface area (Å²) in [4.78, 5) is 0. The third-order valence-corrected chi connectivity index (χ3v) is 3.02. The first kappa shape index (κ1) is 14.3. The molecule has 0 saturated heterocycles. The van der Waals surface area contributed by atoms with Gasteiger partial charge >= 0.3 is 0 Å².